The number of hydrogen-bond acceptors (Lipinski definition) is 4. The summed E-state index contributed by atoms with van der Waals surface area (Å²) in [5.41, 5.74) is -0.0631. The van der Waals surface area contributed by atoms with Gasteiger partial charge in [0.05, 0.1) is 0 Å². The van der Waals surface area contributed by atoms with Crippen LogP contribution < -0.4 is 15.8 Å². The van der Waals surface area contributed by atoms with Crippen molar-refractivity contribution in [2.75, 3.05) is 18.0 Å². The van der Waals surface area contributed by atoms with Crippen molar-refractivity contribution >= 4 is 5.82 Å². The summed E-state index contributed by atoms with van der Waals surface area (Å²) in [6.07, 6.45) is 3.18. The second kappa shape index (κ2) is 6.19. The van der Waals surface area contributed by atoms with Crippen molar-refractivity contribution in [3.8, 4) is 0 Å². The molecular formula is C14H24N4O. The van der Waals surface area contributed by atoms with Crippen molar-refractivity contribution in [3.63, 3.8) is 0 Å². The normalized spacial score (nSPS) is 19.1. The van der Waals surface area contributed by atoms with Crippen molar-refractivity contribution in [1.29, 1.82) is 0 Å². The molecule has 19 heavy (non-hydrogen) atoms. The second-order valence-electron chi connectivity index (χ2n) is 5.44. The number of hydrogen-bond donors (Lipinski definition) is 2. The van der Waals surface area contributed by atoms with Gasteiger partial charge in [0.25, 0.3) is 5.56 Å². The van der Waals surface area contributed by atoms with Crippen LogP contribution in [0.25, 0.3) is 0 Å². The molecule has 0 aliphatic carbocycles. The number of anilines is 1. The number of aromatic amines is 1. The fraction of sp³-hybridized carbons (Fsp3) is 0.714. The number of aromatic nitrogens is 2. The number of nitrogens with zero attached hydrogens (tertiary/aromatic N) is 2. The number of aryl methyl sites for hydroxylation is 1. The highest BCUT2D eigenvalue weighted by atomic mass is 16.1. The van der Waals surface area contributed by atoms with E-state index < -0.39 is 0 Å². The first kappa shape index (κ1) is 14.1. The summed E-state index contributed by atoms with van der Waals surface area (Å²) in [5.74, 6) is 1.55. The van der Waals surface area contributed by atoms with E-state index >= 15 is 0 Å². The summed E-state index contributed by atoms with van der Waals surface area (Å²) < 4.78 is 0. The van der Waals surface area contributed by atoms with E-state index in [9.17, 15) is 4.79 Å². The van der Waals surface area contributed by atoms with Crippen LogP contribution in [0.2, 0.25) is 0 Å². The quantitative estimate of drug-likeness (QED) is 0.841. The zero-order valence-corrected chi connectivity index (χ0v) is 12.1. The third kappa shape index (κ3) is 3.56. The van der Waals surface area contributed by atoms with E-state index in [0.717, 1.165) is 31.2 Å². The van der Waals surface area contributed by atoms with E-state index in [0.29, 0.717) is 12.1 Å². The molecule has 0 radical (unpaired) electrons. The second-order valence-corrected chi connectivity index (χ2v) is 5.44. The van der Waals surface area contributed by atoms with E-state index in [1.165, 1.54) is 12.8 Å². The Labute approximate surface area is 114 Å². The lowest BCUT2D eigenvalue weighted by molar-refractivity contribution is 0.547. The summed E-state index contributed by atoms with van der Waals surface area (Å²) in [4.78, 5) is 21.3. The Balaban J connectivity index is 2.22. The molecule has 2 rings (SSSR count). The van der Waals surface area contributed by atoms with Gasteiger partial charge in [0.2, 0.25) is 0 Å². The van der Waals surface area contributed by atoms with Crippen molar-refractivity contribution in [2.45, 2.75) is 52.1 Å². The standard InChI is InChI=1S/C14H24N4O/c1-4-12-16-13(8-14(19)17-12)18(10(2)3)9-11-6-5-7-15-11/h8,10-11,15H,4-7,9H2,1-3H3,(H,16,17,19). The predicted molar refractivity (Wildman–Crippen MR) is 77.7 cm³/mol. The predicted octanol–water partition coefficient (Wildman–Crippen LogP) is 1.30. The van der Waals surface area contributed by atoms with Gasteiger partial charge in [0.1, 0.15) is 11.6 Å². The lowest BCUT2D eigenvalue weighted by Gasteiger charge is -2.30. The SMILES string of the molecule is CCc1nc(N(CC2CCCN2)C(C)C)cc(=O)[nH]1. The summed E-state index contributed by atoms with van der Waals surface area (Å²) in [5, 5.41) is 3.50. The third-order valence-corrected chi connectivity index (χ3v) is 3.61. The molecule has 1 unspecified atom stereocenters. The lowest BCUT2D eigenvalue weighted by Crippen LogP contribution is -2.42. The molecule has 0 aromatic carbocycles. The van der Waals surface area contributed by atoms with E-state index in [1.807, 2.05) is 6.92 Å². The molecular weight excluding hydrogens is 240 g/mol. The number of nitrogens with one attached hydrogen (secondary N) is 2. The van der Waals surface area contributed by atoms with Crippen molar-refractivity contribution in [3.05, 3.63) is 22.2 Å². The molecule has 0 spiro atoms. The van der Waals surface area contributed by atoms with Gasteiger partial charge in [-0.1, -0.05) is 6.92 Å². The molecule has 106 valence electrons. The van der Waals surface area contributed by atoms with Gasteiger partial charge in [-0.05, 0) is 33.2 Å². The Hall–Kier alpha value is -1.36. The van der Waals surface area contributed by atoms with Gasteiger partial charge in [0.15, 0.2) is 0 Å². The molecule has 5 heteroatoms. The zero-order chi connectivity index (χ0) is 13.8. The highest BCUT2D eigenvalue weighted by Gasteiger charge is 2.21. The maximum atomic E-state index is 11.7. The molecule has 0 saturated carbocycles. The van der Waals surface area contributed by atoms with E-state index in [1.54, 1.807) is 6.07 Å². The van der Waals surface area contributed by atoms with E-state index in [2.05, 4.69) is 34.0 Å². The number of H-pyrrole nitrogens is 1. The minimum Gasteiger partial charge on any atom is -0.352 e. The van der Waals surface area contributed by atoms with Gasteiger partial charge in [0, 0.05) is 31.1 Å². The Morgan fingerprint density at radius 1 is 1.53 bits per heavy atom. The largest absolute Gasteiger partial charge is 0.352 e. The van der Waals surface area contributed by atoms with Crippen LogP contribution in [0.1, 0.15) is 39.4 Å². The average Bonchev–Trinajstić information content (AvgIpc) is 2.87. The minimum atomic E-state index is -0.0631. The molecule has 2 heterocycles. The van der Waals surface area contributed by atoms with Gasteiger partial charge in [-0.15, -0.1) is 0 Å². The van der Waals surface area contributed by atoms with Crippen LogP contribution in [0.4, 0.5) is 5.82 Å². The Morgan fingerprint density at radius 3 is 2.89 bits per heavy atom. The summed E-state index contributed by atoms with van der Waals surface area (Å²) in [6.45, 7) is 8.30. The smallest absolute Gasteiger partial charge is 0.252 e. The first-order valence-electron chi connectivity index (χ1n) is 7.20. The van der Waals surface area contributed by atoms with Crippen LogP contribution in [-0.2, 0) is 6.42 Å². The van der Waals surface area contributed by atoms with Gasteiger partial charge in [-0.3, -0.25) is 4.79 Å². The number of rotatable bonds is 5. The van der Waals surface area contributed by atoms with E-state index in [4.69, 9.17) is 0 Å². The fourth-order valence-electron chi connectivity index (χ4n) is 2.53. The average molecular weight is 264 g/mol. The fourth-order valence-corrected chi connectivity index (χ4v) is 2.53. The van der Waals surface area contributed by atoms with Crippen molar-refractivity contribution < 1.29 is 0 Å². The monoisotopic (exact) mass is 264 g/mol. The maximum absolute atomic E-state index is 11.7. The van der Waals surface area contributed by atoms with Crippen molar-refractivity contribution in [2.24, 2.45) is 0 Å². The van der Waals surface area contributed by atoms with Crippen LogP contribution in [0.3, 0.4) is 0 Å². The highest BCUT2D eigenvalue weighted by molar-refractivity contribution is 5.39. The van der Waals surface area contributed by atoms with Gasteiger partial charge in [-0.2, -0.15) is 0 Å². The first-order chi connectivity index (χ1) is 9.10. The van der Waals surface area contributed by atoms with E-state index in [-0.39, 0.29) is 5.56 Å². The Kier molecular flexibility index (Phi) is 4.58. The Bertz CT molecular complexity index is 463. The molecule has 0 bridgehead atoms. The van der Waals surface area contributed by atoms with Crippen LogP contribution in [0.5, 0.6) is 0 Å². The summed E-state index contributed by atoms with van der Waals surface area (Å²) in [6, 6.07) is 2.45. The lowest BCUT2D eigenvalue weighted by atomic mass is 10.2. The minimum absolute atomic E-state index is 0.0631. The van der Waals surface area contributed by atoms with Crippen LogP contribution in [-0.4, -0.2) is 35.1 Å². The van der Waals surface area contributed by atoms with Gasteiger partial charge in [-0.25, -0.2) is 4.98 Å². The Morgan fingerprint density at radius 2 is 2.32 bits per heavy atom. The topological polar surface area (TPSA) is 61.0 Å². The molecule has 1 aliphatic heterocycles. The maximum Gasteiger partial charge on any atom is 0.252 e. The summed E-state index contributed by atoms with van der Waals surface area (Å²) >= 11 is 0. The highest BCUT2D eigenvalue weighted by Crippen LogP contribution is 2.16. The zero-order valence-electron chi connectivity index (χ0n) is 12.1. The van der Waals surface area contributed by atoms with Gasteiger partial charge < -0.3 is 15.2 Å². The molecule has 1 aliphatic rings. The molecule has 1 aromatic rings. The van der Waals surface area contributed by atoms with Gasteiger partial charge >= 0.3 is 0 Å². The van der Waals surface area contributed by atoms with Crippen LogP contribution in [0.15, 0.2) is 10.9 Å². The molecule has 1 atom stereocenters. The molecule has 1 aromatic heterocycles. The molecule has 5 nitrogen and oxygen atoms in total. The summed E-state index contributed by atoms with van der Waals surface area (Å²) in [7, 11) is 0. The van der Waals surface area contributed by atoms with Crippen molar-refractivity contribution in [1.82, 2.24) is 15.3 Å². The third-order valence-electron chi connectivity index (χ3n) is 3.61. The molecule has 2 N–H and O–H groups in total. The molecule has 1 fully saturated rings. The van der Waals surface area contributed by atoms with Crippen LogP contribution >= 0.6 is 0 Å². The van der Waals surface area contributed by atoms with Crippen LogP contribution in [0, 0.1) is 0 Å². The molecule has 0 amide bonds. The first-order valence-corrected chi connectivity index (χ1v) is 7.20. The molecule has 1 saturated heterocycles.